The zero-order chi connectivity index (χ0) is 19.7. The highest BCUT2D eigenvalue weighted by Gasteiger charge is 2.27. The highest BCUT2D eigenvalue weighted by Crippen LogP contribution is 2.19. The van der Waals surface area contributed by atoms with Crippen molar-refractivity contribution < 1.29 is 9.18 Å². The molecule has 2 aromatic heterocycles. The molecule has 0 spiro atoms. The first-order valence-corrected chi connectivity index (χ1v) is 9.04. The van der Waals surface area contributed by atoms with Crippen molar-refractivity contribution in [1.29, 1.82) is 0 Å². The molecule has 1 fully saturated rings. The van der Waals surface area contributed by atoms with Crippen LogP contribution in [0.2, 0.25) is 0 Å². The van der Waals surface area contributed by atoms with E-state index >= 15 is 0 Å². The number of hydrogen-bond acceptors (Lipinski definition) is 6. The van der Waals surface area contributed by atoms with E-state index in [2.05, 4.69) is 20.3 Å². The van der Waals surface area contributed by atoms with E-state index in [4.69, 9.17) is 0 Å². The molecule has 1 aliphatic heterocycles. The lowest BCUT2D eigenvalue weighted by Crippen LogP contribution is -2.49. The number of rotatable bonds is 3. The maximum Gasteiger partial charge on any atom is 0.276 e. The first-order valence-electron chi connectivity index (χ1n) is 9.04. The predicted molar refractivity (Wildman–Crippen MR) is 101 cm³/mol. The van der Waals surface area contributed by atoms with Crippen molar-refractivity contribution in [3.8, 4) is 5.69 Å². The van der Waals surface area contributed by atoms with Crippen molar-refractivity contribution in [2.75, 3.05) is 31.1 Å². The molecule has 1 saturated heterocycles. The number of carbonyl (C=O) groups is 1. The third kappa shape index (κ3) is 3.30. The molecule has 3 aromatic rings. The van der Waals surface area contributed by atoms with Gasteiger partial charge in [-0.2, -0.15) is 0 Å². The molecule has 8 nitrogen and oxygen atoms in total. The maximum absolute atomic E-state index is 14.3. The van der Waals surface area contributed by atoms with E-state index in [1.165, 1.54) is 10.7 Å². The lowest BCUT2D eigenvalue weighted by molar-refractivity contribution is 0.0739. The van der Waals surface area contributed by atoms with Crippen LogP contribution in [0.15, 0.2) is 36.7 Å². The molecule has 0 unspecified atom stereocenters. The minimum atomic E-state index is -0.400. The lowest BCUT2D eigenvalue weighted by atomic mass is 10.2. The molecule has 3 heterocycles. The van der Waals surface area contributed by atoms with Crippen LogP contribution in [-0.4, -0.2) is 61.9 Å². The fourth-order valence-electron chi connectivity index (χ4n) is 3.25. The van der Waals surface area contributed by atoms with Gasteiger partial charge in [0.05, 0.1) is 5.69 Å². The Morgan fingerprint density at radius 1 is 1.07 bits per heavy atom. The molecule has 4 rings (SSSR count). The Bertz CT molecular complexity index is 997. The second kappa shape index (κ2) is 7.34. The van der Waals surface area contributed by atoms with Gasteiger partial charge in [-0.05, 0) is 37.6 Å². The van der Waals surface area contributed by atoms with Crippen molar-refractivity contribution in [2.24, 2.45) is 0 Å². The molecule has 1 aromatic carbocycles. The van der Waals surface area contributed by atoms with Crippen LogP contribution in [0.3, 0.4) is 0 Å². The van der Waals surface area contributed by atoms with Gasteiger partial charge < -0.3 is 9.80 Å². The number of carbonyl (C=O) groups excluding carboxylic acids is 1. The van der Waals surface area contributed by atoms with Gasteiger partial charge in [0.15, 0.2) is 5.69 Å². The van der Waals surface area contributed by atoms with Gasteiger partial charge in [0, 0.05) is 38.6 Å². The lowest BCUT2D eigenvalue weighted by Gasteiger charge is -2.34. The van der Waals surface area contributed by atoms with Gasteiger partial charge in [0.25, 0.3) is 5.91 Å². The minimum absolute atomic E-state index is 0.204. The van der Waals surface area contributed by atoms with E-state index in [1.54, 1.807) is 42.4 Å². The Balaban J connectivity index is 1.50. The quantitative estimate of drug-likeness (QED) is 0.688. The third-order valence-corrected chi connectivity index (χ3v) is 4.83. The van der Waals surface area contributed by atoms with Gasteiger partial charge in [-0.15, -0.1) is 5.10 Å². The molecular weight excluding hydrogens is 361 g/mol. The van der Waals surface area contributed by atoms with E-state index in [1.807, 2.05) is 11.8 Å². The van der Waals surface area contributed by atoms with Crippen molar-refractivity contribution >= 4 is 11.9 Å². The summed E-state index contributed by atoms with van der Waals surface area (Å²) < 4.78 is 15.7. The zero-order valence-corrected chi connectivity index (χ0v) is 15.7. The van der Waals surface area contributed by atoms with Gasteiger partial charge in [-0.3, -0.25) is 4.79 Å². The molecule has 1 amide bonds. The van der Waals surface area contributed by atoms with Crippen LogP contribution in [0.1, 0.15) is 21.7 Å². The second-order valence-corrected chi connectivity index (χ2v) is 6.72. The summed E-state index contributed by atoms with van der Waals surface area (Å²) in [6, 6.07) is 6.64. The number of hydrogen-bond donors (Lipinski definition) is 0. The number of anilines is 1. The van der Waals surface area contributed by atoms with E-state index in [-0.39, 0.29) is 17.3 Å². The van der Waals surface area contributed by atoms with Crippen LogP contribution < -0.4 is 4.90 Å². The van der Waals surface area contributed by atoms with Gasteiger partial charge in [0.2, 0.25) is 5.95 Å². The fourth-order valence-corrected chi connectivity index (χ4v) is 3.25. The molecule has 28 heavy (non-hydrogen) atoms. The number of halogens is 1. The minimum Gasteiger partial charge on any atom is -0.337 e. The van der Waals surface area contributed by atoms with Crippen LogP contribution in [-0.2, 0) is 0 Å². The van der Waals surface area contributed by atoms with E-state index in [0.29, 0.717) is 37.8 Å². The van der Waals surface area contributed by atoms with E-state index < -0.39 is 5.82 Å². The van der Waals surface area contributed by atoms with Crippen molar-refractivity contribution in [3.05, 3.63) is 59.4 Å². The Hall–Kier alpha value is -3.36. The van der Waals surface area contributed by atoms with Crippen molar-refractivity contribution in [3.63, 3.8) is 0 Å². The predicted octanol–water partition coefficient (Wildman–Crippen LogP) is 1.78. The molecule has 0 atom stereocenters. The summed E-state index contributed by atoms with van der Waals surface area (Å²) in [5, 5.41) is 8.03. The van der Waals surface area contributed by atoms with Gasteiger partial charge >= 0.3 is 0 Å². The smallest absolute Gasteiger partial charge is 0.276 e. The molecule has 1 aliphatic rings. The summed E-state index contributed by atoms with van der Waals surface area (Å²) in [6.45, 7) is 5.87. The number of benzene rings is 1. The van der Waals surface area contributed by atoms with Crippen LogP contribution in [0.4, 0.5) is 10.3 Å². The maximum atomic E-state index is 14.3. The summed E-state index contributed by atoms with van der Waals surface area (Å²) in [6.07, 6.45) is 3.40. The second-order valence-electron chi connectivity index (χ2n) is 6.72. The largest absolute Gasteiger partial charge is 0.337 e. The first-order chi connectivity index (χ1) is 13.5. The monoisotopic (exact) mass is 381 g/mol. The Kier molecular flexibility index (Phi) is 4.72. The molecule has 0 saturated carbocycles. The summed E-state index contributed by atoms with van der Waals surface area (Å²) in [4.78, 5) is 25.2. The number of aromatic nitrogens is 5. The summed E-state index contributed by atoms with van der Waals surface area (Å²) in [5.41, 5.74) is 1.85. The Morgan fingerprint density at radius 2 is 1.79 bits per heavy atom. The molecule has 144 valence electrons. The number of nitrogens with zero attached hydrogens (tertiary/aromatic N) is 7. The van der Waals surface area contributed by atoms with Crippen LogP contribution in [0.5, 0.6) is 0 Å². The standard InChI is InChI=1S/C19H20FN7O/c1-13-4-5-16(15(20)12-13)27-14(2)17(23-24-27)18(28)25-8-10-26(11-9-25)19-21-6-3-7-22-19/h3-7,12H,8-11H2,1-2H3. The molecule has 0 radical (unpaired) electrons. The number of aryl methyl sites for hydroxylation is 1. The number of piperazine rings is 1. The van der Waals surface area contributed by atoms with Crippen molar-refractivity contribution in [1.82, 2.24) is 29.9 Å². The van der Waals surface area contributed by atoms with Crippen LogP contribution >= 0.6 is 0 Å². The topological polar surface area (TPSA) is 80.0 Å². The Labute approximate surface area is 161 Å². The normalized spacial score (nSPS) is 14.4. The SMILES string of the molecule is Cc1ccc(-n2nnc(C(=O)N3CCN(c4ncccn4)CC3)c2C)c(F)c1. The summed E-state index contributed by atoms with van der Waals surface area (Å²) in [5.74, 6) is 0.0555. The van der Waals surface area contributed by atoms with Crippen LogP contribution in [0, 0.1) is 19.7 Å². The number of amides is 1. The van der Waals surface area contributed by atoms with Crippen molar-refractivity contribution in [2.45, 2.75) is 13.8 Å². The fraction of sp³-hybridized carbons (Fsp3) is 0.316. The van der Waals surface area contributed by atoms with E-state index in [9.17, 15) is 9.18 Å². The average molecular weight is 381 g/mol. The van der Waals surface area contributed by atoms with Gasteiger partial charge in [-0.25, -0.2) is 19.0 Å². The molecule has 0 N–H and O–H groups in total. The summed E-state index contributed by atoms with van der Waals surface area (Å²) in [7, 11) is 0. The third-order valence-electron chi connectivity index (χ3n) is 4.83. The zero-order valence-electron chi connectivity index (χ0n) is 15.7. The summed E-state index contributed by atoms with van der Waals surface area (Å²) >= 11 is 0. The van der Waals surface area contributed by atoms with Crippen LogP contribution in [0.25, 0.3) is 5.69 Å². The average Bonchev–Trinajstić information content (AvgIpc) is 3.09. The molecule has 0 bridgehead atoms. The molecule has 9 heteroatoms. The molecular formula is C19H20FN7O. The van der Waals surface area contributed by atoms with E-state index in [0.717, 1.165) is 5.56 Å². The first kappa shape index (κ1) is 18.0. The van der Waals surface area contributed by atoms with Gasteiger partial charge in [-0.1, -0.05) is 11.3 Å². The highest BCUT2D eigenvalue weighted by molar-refractivity contribution is 5.93. The highest BCUT2D eigenvalue weighted by atomic mass is 19.1. The van der Waals surface area contributed by atoms with Gasteiger partial charge in [0.1, 0.15) is 11.5 Å². The molecule has 0 aliphatic carbocycles. The Morgan fingerprint density at radius 3 is 2.46 bits per heavy atom.